The van der Waals surface area contributed by atoms with E-state index in [0.29, 0.717) is 12.6 Å². The number of methoxy groups -OCH3 is 1. The fourth-order valence-corrected chi connectivity index (χ4v) is 4.34. The van der Waals surface area contributed by atoms with Gasteiger partial charge in [-0.3, -0.25) is 0 Å². The quantitative estimate of drug-likeness (QED) is 0.662. The third-order valence-electron chi connectivity index (χ3n) is 5.98. The number of carbonyl (C=O) groups excluding carboxylic acids is 1. The van der Waals surface area contributed by atoms with Crippen molar-refractivity contribution in [3.05, 3.63) is 60.0 Å². The van der Waals surface area contributed by atoms with Crippen molar-refractivity contribution in [2.75, 3.05) is 33.3 Å². The van der Waals surface area contributed by atoms with Crippen molar-refractivity contribution in [3.63, 3.8) is 0 Å². The van der Waals surface area contributed by atoms with Crippen molar-refractivity contribution in [1.29, 1.82) is 0 Å². The van der Waals surface area contributed by atoms with E-state index in [2.05, 4.69) is 50.8 Å². The standard InChI is InChI=1S/C24H28FN3O2/c1-17-3-8-23-21(15-17)22(18-4-6-19(25)7-5-18)16-28(23)20-9-12-27(13-10-20)14-11-26-24(29)30-2/h3-8,15-16,20H,9-14H2,1-2H3,(H,26,29). The van der Waals surface area contributed by atoms with Crippen LogP contribution in [-0.4, -0.2) is 48.8 Å². The molecule has 0 radical (unpaired) electrons. The van der Waals surface area contributed by atoms with Crippen molar-refractivity contribution in [2.45, 2.75) is 25.8 Å². The minimum Gasteiger partial charge on any atom is -0.453 e. The molecule has 2 heterocycles. The maximum absolute atomic E-state index is 13.4. The summed E-state index contributed by atoms with van der Waals surface area (Å²) < 4.78 is 20.4. The first-order valence-electron chi connectivity index (χ1n) is 10.5. The number of halogens is 1. The number of nitrogens with one attached hydrogen (secondary N) is 1. The van der Waals surface area contributed by atoms with Crippen LogP contribution in [0, 0.1) is 12.7 Å². The number of carbonyl (C=O) groups is 1. The SMILES string of the molecule is COC(=O)NCCN1CCC(n2cc(-c3ccc(F)cc3)c3cc(C)ccc32)CC1. The first-order chi connectivity index (χ1) is 14.5. The highest BCUT2D eigenvalue weighted by molar-refractivity contribution is 5.96. The summed E-state index contributed by atoms with van der Waals surface area (Å²) >= 11 is 0. The third kappa shape index (κ3) is 4.33. The zero-order valence-electron chi connectivity index (χ0n) is 17.5. The van der Waals surface area contributed by atoms with Gasteiger partial charge in [-0.2, -0.15) is 0 Å². The maximum Gasteiger partial charge on any atom is 0.406 e. The zero-order chi connectivity index (χ0) is 21.1. The highest BCUT2D eigenvalue weighted by Crippen LogP contribution is 2.36. The third-order valence-corrected chi connectivity index (χ3v) is 5.98. The van der Waals surface area contributed by atoms with Crippen LogP contribution in [0.1, 0.15) is 24.4 Å². The van der Waals surface area contributed by atoms with Crippen molar-refractivity contribution < 1.29 is 13.9 Å². The molecule has 0 bridgehead atoms. The number of piperidine rings is 1. The molecule has 0 unspecified atom stereocenters. The summed E-state index contributed by atoms with van der Waals surface area (Å²) in [5.41, 5.74) is 4.64. The Bertz CT molecular complexity index is 1020. The van der Waals surface area contributed by atoms with E-state index in [1.807, 2.05) is 12.1 Å². The van der Waals surface area contributed by atoms with Crippen molar-refractivity contribution in [3.8, 4) is 11.1 Å². The van der Waals surface area contributed by atoms with Gasteiger partial charge in [0.2, 0.25) is 0 Å². The molecule has 5 nitrogen and oxygen atoms in total. The Morgan fingerprint density at radius 2 is 1.90 bits per heavy atom. The molecule has 1 fully saturated rings. The van der Waals surface area contributed by atoms with Crippen molar-refractivity contribution >= 4 is 17.0 Å². The minimum absolute atomic E-state index is 0.215. The monoisotopic (exact) mass is 409 g/mol. The van der Waals surface area contributed by atoms with Gasteiger partial charge in [0.05, 0.1) is 7.11 Å². The maximum atomic E-state index is 13.4. The van der Waals surface area contributed by atoms with E-state index in [1.54, 1.807) is 0 Å². The zero-order valence-corrected chi connectivity index (χ0v) is 17.5. The molecule has 1 aliphatic rings. The lowest BCUT2D eigenvalue weighted by Crippen LogP contribution is -2.39. The van der Waals surface area contributed by atoms with E-state index >= 15 is 0 Å². The van der Waals surface area contributed by atoms with Gasteiger partial charge in [-0.05, 0) is 49.6 Å². The Balaban J connectivity index is 1.52. The predicted molar refractivity (Wildman–Crippen MR) is 117 cm³/mol. The summed E-state index contributed by atoms with van der Waals surface area (Å²) in [4.78, 5) is 13.6. The average molecular weight is 410 g/mol. The Hall–Kier alpha value is -2.86. The number of hydrogen-bond acceptors (Lipinski definition) is 3. The lowest BCUT2D eigenvalue weighted by molar-refractivity contribution is 0.162. The summed E-state index contributed by atoms with van der Waals surface area (Å²) in [6, 6.07) is 13.8. The van der Waals surface area contributed by atoms with Crippen LogP contribution in [0.25, 0.3) is 22.0 Å². The number of fused-ring (bicyclic) bond motifs is 1. The molecule has 158 valence electrons. The summed E-state index contributed by atoms with van der Waals surface area (Å²) in [7, 11) is 1.38. The Morgan fingerprint density at radius 1 is 1.17 bits per heavy atom. The highest BCUT2D eigenvalue weighted by Gasteiger charge is 2.23. The van der Waals surface area contributed by atoms with Crippen LogP contribution in [-0.2, 0) is 4.74 Å². The number of ether oxygens (including phenoxy) is 1. The van der Waals surface area contributed by atoms with Gasteiger partial charge in [0, 0.05) is 54.9 Å². The minimum atomic E-state index is -0.382. The van der Waals surface area contributed by atoms with E-state index in [4.69, 9.17) is 0 Å². The number of benzene rings is 2. The van der Waals surface area contributed by atoms with Crippen molar-refractivity contribution in [1.82, 2.24) is 14.8 Å². The van der Waals surface area contributed by atoms with Gasteiger partial charge in [-0.25, -0.2) is 9.18 Å². The Labute approximate surface area is 176 Å². The van der Waals surface area contributed by atoms with E-state index in [9.17, 15) is 9.18 Å². The topological polar surface area (TPSA) is 46.5 Å². The molecule has 0 aliphatic carbocycles. The Kier molecular flexibility index (Phi) is 6.04. The van der Waals surface area contributed by atoms with Gasteiger partial charge < -0.3 is 19.5 Å². The molecular weight excluding hydrogens is 381 g/mol. The molecule has 1 amide bonds. The van der Waals surface area contributed by atoms with E-state index in [-0.39, 0.29) is 11.9 Å². The summed E-state index contributed by atoms with van der Waals surface area (Å²) in [6.07, 6.45) is 3.96. The summed E-state index contributed by atoms with van der Waals surface area (Å²) in [5, 5.41) is 3.96. The first-order valence-corrected chi connectivity index (χ1v) is 10.5. The molecule has 0 atom stereocenters. The first kappa shape index (κ1) is 20.4. The van der Waals surface area contributed by atoms with Crippen LogP contribution in [0.5, 0.6) is 0 Å². The predicted octanol–water partition coefficient (Wildman–Crippen LogP) is 4.75. The number of aromatic nitrogens is 1. The lowest BCUT2D eigenvalue weighted by atomic mass is 10.0. The molecular formula is C24H28FN3O2. The molecule has 1 aliphatic heterocycles. The number of likely N-dealkylation sites (tertiary alicyclic amines) is 1. The number of rotatable bonds is 5. The second kappa shape index (κ2) is 8.88. The van der Waals surface area contributed by atoms with E-state index in [1.165, 1.54) is 35.7 Å². The number of alkyl carbamates (subject to hydrolysis) is 1. The van der Waals surface area contributed by atoms with Crippen LogP contribution in [0.2, 0.25) is 0 Å². The fourth-order valence-electron chi connectivity index (χ4n) is 4.34. The lowest BCUT2D eigenvalue weighted by Gasteiger charge is -2.33. The molecule has 1 N–H and O–H groups in total. The molecule has 0 saturated carbocycles. The molecule has 30 heavy (non-hydrogen) atoms. The van der Waals surface area contributed by atoms with Crippen LogP contribution in [0.15, 0.2) is 48.7 Å². The van der Waals surface area contributed by atoms with Crippen LogP contribution >= 0.6 is 0 Å². The van der Waals surface area contributed by atoms with E-state index in [0.717, 1.165) is 43.6 Å². The fraction of sp³-hybridized carbons (Fsp3) is 0.375. The molecule has 2 aromatic carbocycles. The average Bonchev–Trinajstić information content (AvgIpc) is 3.13. The molecule has 6 heteroatoms. The van der Waals surface area contributed by atoms with Gasteiger partial charge in [-0.15, -0.1) is 0 Å². The van der Waals surface area contributed by atoms with Gasteiger partial charge in [0.1, 0.15) is 5.82 Å². The van der Waals surface area contributed by atoms with Gasteiger partial charge in [-0.1, -0.05) is 23.8 Å². The second-order valence-electron chi connectivity index (χ2n) is 7.97. The second-order valence-corrected chi connectivity index (χ2v) is 7.97. The van der Waals surface area contributed by atoms with E-state index < -0.39 is 0 Å². The van der Waals surface area contributed by atoms with Crippen LogP contribution in [0.3, 0.4) is 0 Å². The molecule has 3 aromatic rings. The molecule has 1 aromatic heterocycles. The van der Waals surface area contributed by atoms with Crippen LogP contribution in [0.4, 0.5) is 9.18 Å². The normalized spacial score (nSPS) is 15.4. The number of amides is 1. The number of aryl methyl sites for hydroxylation is 1. The smallest absolute Gasteiger partial charge is 0.406 e. The summed E-state index contributed by atoms with van der Waals surface area (Å²) in [5.74, 6) is -0.215. The number of hydrogen-bond donors (Lipinski definition) is 1. The molecule has 0 spiro atoms. The summed E-state index contributed by atoms with van der Waals surface area (Å²) in [6.45, 7) is 5.51. The van der Waals surface area contributed by atoms with Gasteiger partial charge >= 0.3 is 6.09 Å². The van der Waals surface area contributed by atoms with Crippen molar-refractivity contribution in [2.24, 2.45) is 0 Å². The van der Waals surface area contributed by atoms with Crippen LogP contribution < -0.4 is 5.32 Å². The largest absolute Gasteiger partial charge is 0.453 e. The highest BCUT2D eigenvalue weighted by atomic mass is 19.1. The Morgan fingerprint density at radius 3 is 2.60 bits per heavy atom. The molecule has 4 rings (SSSR count). The number of nitrogens with zero attached hydrogens (tertiary/aromatic N) is 2. The van der Waals surface area contributed by atoms with Gasteiger partial charge in [0.25, 0.3) is 0 Å². The van der Waals surface area contributed by atoms with Gasteiger partial charge in [0.15, 0.2) is 0 Å². The molecule has 1 saturated heterocycles.